The summed E-state index contributed by atoms with van der Waals surface area (Å²) in [5.41, 5.74) is 2.20. The summed E-state index contributed by atoms with van der Waals surface area (Å²) < 4.78 is 5.26. The van der Waals surface area contributed by atoms with Gasteiger partial charge >= 0.3 is 0 Å². The Morgan fingerprint density at radius 1 is 1.17 bits per heavy atom. The minimum atomic E-state index is -0.649. The number of aliphatic imine (C=N–C) groups is 1. The third-order valence-electron chi connectivity index (χ3n) is 4.56. The largest absolute Gasteiger partial charge is 0.386 e. The van der Waals surface area contributed by atoms with E-state index in [0.29, 0.717) is 24.8 Å². The summed E-state index contributed by atoms with van der Waals surface area (Å²) in [6.07, 6.45) is -0.0370. The molecule has 0 saturated heterocycles. The van der Waals surface area contributed by atoms with Crippen molar-refractivity contribution in [1.82, 2.24) is 20.8 Å². The molecular weight excluding hydrogens is 493 g/mol. The highest BCUT2D eigenvalue weighted by Gasteiger charge is 2.15. The fourth-order valence-corrected chi connectivity index (χ4v) is 2.72. The van der Waals surface area contributed by atoms with E-state index >= 15 is 0 Å². The number of aliphatic hydroxyl groups is 1. The predicted molar refractivity (Wildman–Crippen MR) is 132 cm³/mol. The first kappa shape index (κ1) is 26.4. The molecule has 0 amide bonds. The number of guanidine groups is 1. The number of hydrogen-bond acceptors (Lipinski definition) is 5. The molecule has 2 aromatic rings. The van der Waals surface area contributed by atoms with Gasteiger partial charge in [-0.05, 0) is 23.5 Å². The van der Waals surface area contributed by atoms with Gasteiger partial charge in [-0.15, -0.1) is 24.0 Å². The minimum absolute atomic E-state index is 0. The second-order valence-electron chi connectivity index (χ2n) is 8.49. The first-order valence-corrected chi connectivity index (χ1v) is 10.3. The highest BCUT2D eigenvalue weighted by molar-refractivity contribution is 14.0. The molecule has 30 heavy (non-hydrogen) atoms. The lowest BCUT2D eigenvalue weighted by atomic mass is 9.86. The Hall–Kier alpha value is -1.68. The van der Waals surface area contributed by atoms with E-state index in [1.807, 2.05) is 32.9 Å². The highest BCUT2D eigenvalue weighted by Crippen LogP contribution is 2.24. The van der Waals surface area contributed by atoms with Gasteiger partial charge < -0.3 is 20.3 Å². The van der Waals surface area contributed by atoms with Crippen LogP contribution in [0.2, 0.25) is 0 Å². The number of aliphatic hydroxyl groups excluding tert-OH is 1. The van der Waals surface area contributed by atoms with Gasteiger partial charge in [-0.1, -0.05) is 64.0 Å². The van der Waals surface area contributed by atoms with E-state index in [1.165, 1.54) is 5.56 Å². The lowest BCUT2D eigenvalue weighted by Crippen LogP contribution is -2.38. The quantitative estimate of drug-likeness (QED) is 0.273. The van der Waals surface area contributed by atoms with Gasteiger partial charge in [-0.3, -0.25) is 4.99 Å². The maximum absolute atomic E-state index is 10.5. The van der Waals surface area contributed by atoms with Gasteiger partial charge in [0, 0.05) is 25.4 Å². The molecule has 3 N–H and O–H groups in total. The smallest absolute Gasteiger partial charge is 0.228 e. The first-order chi connectivity index (χ1) is 13.7. The highest BCUT2D eigenvalue weighted by atomic mass is 127. The Morgan fingerprint density at radius 2 is 1.83 bits per heavy atom. The van der Waals surface area contributed by atoms with Crippen molar-refractivity contribution < 1.29 is 9.63 Å². The van der Waals surface area contributed by atoms with E-state index < -0.39 is 6.10 Å². The normalized spacial score (nSPS) is 13.1. The Morgan fingerprint density at radius 3 is 2.37 bits per heavy atom. The summed E-state index contributed by atoms with van der Waals surface area (Å²) >= 11 is 0. The van der Waals surface area contributed by atoms with Crippen LogP contribution in [0.1, 0.15) is 76.4 Å². The zero-order valence-corrected chi connectivity index (χ0v) is 21.2. The first-order valence-electron chi connectivity index (χ1n) is 10.3. The molecule has 0 radical (unpaired) electrons. The van der Waals surface area contributed by atoms with E-state index in [2.05, 4.69) is 58.7 Å². The van der Waals surface area contributed by atoms with Crippen LogP contribution < -0.4 is 10.6 Å². The average molecular weight is 529 g/mol. The van der Waals surface area contributed by atoms with E-state index in [9.17, 15) is 5.11 Å². The fourth-order valence-electron chi connectivity index (χ4n) is 2.72. The van der Waals surface area contributed by atoms with E-state index in [1.54, 1.807) is 0 Å². The van der Waals surface area contributed by atoms with E-state index in [0.717, 1.165) is 17.9 Å². The van der Waals surface area contributed by atoms with Crippen molar-refractivity contribution in [3.63, 3.8) is 0 Å². The number of halogens is 1. The molecule has 8 heteroatoms. The van der Waals surface area contributed by atoms with Gasteiger partial charge in [0.15, 0.2) is 11.8 Å². The lowest BCUT2D eigenvalue weighted by Gasteiger charge is -2.20. The zero-order chi connectivity index (χ0) is 21.4. The van der Waals surface area contributed by atoms with Gasteiger partial charge in [0.05, 0.1) is 12.6 Å². The second-order valence-corrected chi connectivity index (χ2v) is 8.49. The number of aromatic nitrogens is 2. The van der Waals surface area contributed by atoms with Crippen LogP contribution in [0, 0.1) is 0 Å². The molecule has 168 valence electrons. The number of hydrogen-bond donors (Lipinski definition) is 3. The SMILES string of the molecule is CCNC(=NCC(O)c1ccc(C(C)(C)C)cc1)NCCc1nc(C(C)C)no1.I. The average Bonchev–Trinajstić information content (AvgIpc) is 3.14. The number of nitrogens with zero attached hydrogens (tertiary/aromatic N) is 3. The molecule has 1 aromatic carbocycles. The maximum atomic E-state index is 10.5. The molecule has 7 nitrogen and oxygen atoms in total. The van der Waals surface area contributed by atoms with Crippen molar-refractivity contribution in [3.8, 4) is 0 Å². The number of nitrogens with one attached hydrogen (secondary N) is 2. The van der Waals surface area contributed by atoms with Gasteiger partial charge in [-0.2, -0.15) is 4.98 Å². The van der Waals surface area contributed by atoms with Crippen molar-refractivity contribution in [3.05, 3.63) is 47.1 Å². The van der Waals surface area contributed by atoms with Crippen molar-refractivity contribution >= 4 is 29.9 Å². The summed E-state index contributed by atoms with van der Waals surface area (Å²) in [5, 5.41) is 20.9. The van der Waals surface area contributed by atoms with E-state index in [4.69, 9.17) is 4.52 Å². The van der Waals surface area contributed by atoms with Crippen LogP contribution >= 0.6 is 24.0 Å². The van der Waals surface area contributed by atoms with Gasteiger partial charge in [0.1, 0.15) is 0 Å². The molecule has 0 aliphatic heterocycles. The van der Waals surface area contributed by atoms with Crippen molar-refractivity contribution in [2.45, 2.75) is 65.4 Å². The molecule has 1 aromatic heterocycles. The Kier molecular flexibility index (Phi) is 10.8. The Balaban J connectivity index is 0.00000450. The zero-order valence-electron chi connectivity index (χ0n) is 18.9. The molecular formula is C22H36IN5O2. The summed E-state index contributed by atoms with van der Waals surface area (Å²) in [5.74, 6) is 2.23. The molecule has 1 atom stereocenters. The topological polar surface area (TPSA) is 95.6 Å². The molecule has 0 fully saturated rings. The molecule has 0 saturated carbocycles. The van der Waals surface area contributed by atoms with E-state index in [-0.39, 0.29) is 41.9 Å². The molecule has 0 spiro atoms. The predicted octanol–water partition coefficient (Wildman–Crippen LogP) is 3.94. The Bertz CT molecular complexity index is 782. The standard InChI is InChI=1S/C22H35N5O2.HI/c1-7-23-21(24-13-12-19-26-20(15(2)3)27-29-19)25-14-18(28)16-8-10-17(11-9-16)22(4,5)6;/h8-11,15,18,28H,7,12-14H2,1-6H3,(H2,23,24,25);1H. The molecule has 1 unspecified atom stereocenters. The second kappa shape index (κ2) is 12.2. The summed E-state index contributed by atoms with van der Waals surface area (Å²) in [6.45, 7) is 14.2. The molecule has 1 heterocycles. The monoisotopic (exact) mass is 529 g/mol. The van der Waals surface area contributed by atoms with Crippen molar-refractivity contribution in [1.29, 1.82) is 0 Å². The Labute approximate surface area is 197 Å². The van der Waals surface area contributed by atoms with Gasteiger partial charge in [0.2, 0.25) is 5.89 Å². The summed E-state index contributed by atoms with van der Waals surface area (Å²) in [7, 11) is 0. The summed E-state index contributed by atoms with van der Waals surface area (Å²) in [4.78, 5) is 8.88. The fraction of sp³-hybridized carbons (Fsp3) is 0.591. The van der Waals surface area contributed by atoms with Crippen molar-refractivity contribution in [2.24, 2.45) is 4.99 Å². The molecule has 0 aliphatic rings. The van der Waals surface area contributed by atoms with Gasteiger partial charge in [-0.25, -0.2) is 0 Å². The third kappa shape index (κ3) is 8.22. The third-order valence-corrected chi connectivity index (χ3v) is 4.56. The van der Waals surface area contributed by atoms with Crippen molar-refractivity contribution in [2.75, 3.05) is 19.6 Å². The number of rotatable bonds is 8. The van der Waals surface area contributed by atoms with Crippen LogP contribution in [0.5, 0.6) is 0 Å². The summed E-state index contributed by atoms with van der Waals surface area (Å²) in [6, 6.07) is 8.09. The minimum Gasteiger partial charge on any atom is -0.386 e. The van der Waals surface area contributed by atoms with Gasteiger partial charge in [0.25, 0.3) is 0 Å². The molecule has 0 aliphatic carbocycles. The number of benzene rings is 1. The van der Waals surface area contributed by atoms with Crippen LogP contribution in [0.15, 0.2) is 33.8 Å². The van der Waals surface area contributed by atoms with Crippen LogP contribution in [-0.4, -0.2) is 40.8 Å². The van der Waals surface area contributed by atoms with Crippen LogP contribution in [0.25, 0.3) is 0 Å². The lowest BCUT2D eigenvalue weighted by molar-refractivity contribution is 0.187. The van der Waals surface area contributed by atoms with Crippen LogP contribution in [0.4, 0.5) is 0 Å². The molecule has 2 rings (SSSR count). The molecule has 0 bridgehead atoms. The van der Waals surface area contributed by atoms with Crippen LogP contribution in [-0.2, 0) is 11.8 Å². The van der Waals surface area contributed by atoms with Crippen LogP contribution in [0.3, 0.4) is 0 Å². The maximum Gasteiger partial charge on any atom is 0.228 e.